The van der Waals surface area contributed by atoms with Crippen LogP contribution in [0.2, 0.25) is 0 Å². The molecule has 0 amide bonds. The summed E-state index contributed by atoms with van der Waals surface area (Å²) in [5.41, 5.74) is 5.41. The molecule has 2 saturated heterocycles. The van der Waals surface area contributed by atoms with Gasteiger partial charge in [0, 0.05) is 25.6 Å². The Morgan fingerprint density at radius 1 is 0.833 bits per heavy atom. The van der Waals surface area contributed by atoms with Crippen molar-refractivity contribution in [2.24, 2.45) is 0 Å². The molecular formula is C26H36N2O2. The van der Waals surface area contributed by atoms with Crippen LogP contribution in [0, 0.1) is 6.92 Å². The monoisotopic (exact) mass is 408 g/mol. The lowest BCUT2D eigenvalue weighted by atomic mass is 9.99. The van der Waals surface area contributed by atoms with Crippen molar-refractivity contribution in [3.8, 4) is 11.5 Å². The van der Waals surface area contributed by atoms with Gasteiger partial charge in [0.05, 0.1) is 7.11 Å². The van der Waals surface area contributed by atoms with Crippen LogP contribution in [0.1, 0.15) is 47.9 Å². The molecule has 2 aromatic rings. The molecule has 4 rings (SSSR count). The van der Waals surface area contributed by atoms with E-state index in [9.17, 15) is 0 Å². The number of hydrogen-bond donors (Lipinski definition) is 0. The van der Waals surface area contributed by atoms with Gasteiger partial charge in [0.2, 0.25) is 0 Å². The van der Waals surface area contributed by atoms with Crippen LogP contribution >= 0.6 is 0 Å². The summed E-state index contributed by atoms with van der Waals surface area (Å²) < 4.78 is 11.7. The topological polar surface area (TPSA) is 24.9 Å². The number of ether oxygens (including phenoxy) is 2. The smallest absolute Gasteiger partial charge is 0.126 e. The highest BCUT2D eigenvalue weighted by Crippen LogP contribution is 2.28. The Labute approximate surface area is 181 Å². The zero-order chi connectivity index (χ0) is 20.8. The summed E-state index contributed by atoms with van der Waals surface area (Å²) >= 11 is 0. The van der Waals surface area contributed by atoms with E-state index in [1.54, 1.807) is 7.11 Å². The summed E-state index contributed by atoms with van der Waals surface area (Å²) in [4.78, 5) is 5.06. The Kier molecular flexibility index (Phi) is 7.29. The van der Waals surface area contributed by atoms with Crippen LogP contribution in [0.15, 0.2) is 36.4 Å². The molecule has 2 fully saturated rings. The van der Waals surface area contributed by atoms with Gasteiger partial charge >= 0.3 is 0 Å². The van der Waals surface area contributed by atoms with Gasteiger partial charge in [0.15, 0.2) is 0 Å². The fourth-order valence-electron chi connectivity index (χ4n) is 4.68. The maximum absolute atomic E-state index is 6.23. The summed E-state index contributed by atoms with van der Waals surface area (Å²) in [6, 6.07) is 13.2. The van der Waals surface area contributed by atoms with Crippen molar-refractivity contribution in [2.45, 2.75) is 45.6 Å². The van der Waals surface area contributed by atoms with Gasteiger partial charge in [-0.25, -0.2) is 0 Å². The Balaban J connectivity index is 1.42. The predicted octanol–water partition coefficient (Wildman–Crippen LogP) is 4.66. The quantitative estimate of drug-likeness (QED) is 0.602. The van der Waals surface area contributed by atoms with Gasteiger partial charge in [-0.1, -0.05) is 24.3 Å². The number of nitrogens with zero attached hydrogens (tertiary/aromatic N) is 2. The van der Waals surface area contributed by atoms with Crippen molar-refractivity contribution >= 4 is 0 Å². The lowest BCUT2D eigenvalue weighted by molar-refractivity contribution is 0.236. The third kappa shape index (κ3) is 5.55. The first kappa shape index (κ1) is 21.2. The van der Waals surface area contributed by atoms with Crippen LogP contribution in [-0.2, 0) is 13.0 Å². The molecule has 0 aliphatic carbocycles. The summed E-state index contributed by atoms with van der Waals surface area (Å²) in [6.45, 7) is 9.95. The molecule has 0 atom stereocenters. The average molecular weight is 409 g/mol. The molecule has 2 aromatic carbocycles. The number of aryl methyl sites for hydroxylation is 1. The lowest BCUT2D eigenvalue weighted by Crippen LogP contribution is -2.25. The molecule has 4 heteroatoms. The van der Waals surface area contributed by atoms with Crippen molar-refractivity contribution in [1.29, 1.82) is 0 Å². The fourth-order valence-corrected chi connectivity index (χ4v) is 4.68. The van der Waals surface area contributed by atoms with E-state index in [0.29, 0.717) is 0 Å². The zero-order valence-corrected chi connectivity index (χ0v) is 18.7. The molecule has 0 saturated carbocycles. The number of hydrogen-bond acceptors (Lipinski definition) is 4. The van der Waals surface area contributed by atoms with Gasteiger partial charge in [-0.3, -0.25) is 9.80 Å². The molecule has 2 aliphatic heterocycles. The second-order valence-electron chi connectivity index (χ2n) is 8.79. The Morgan fingerprint density at radius 2 is 1.53 bits per heavy atom. The second kappa shape index (κ2) is 10.3. The van der Waals surface area contributed by atoms with Crippen molar-refractivity contribution in [1.82, 2.24) is 9.80 Å². The van der Waals surface area contributed by atoms with E-state index >= 15 is 0 Å². The minimum atomic E-state index is 0.730. The molecule has 0 unspecified atom stereocenters. The summed E-state index contributed by atoms with van der Waals surface area (Å²) in [6.07, 6.45) is 6.20. The predicted molar refractivity (Wildman–Crippen MR) is 123 cm³/mol. The summed E-state index contributed by atoms with van der Waals surface area (Å²) in [7, 11) is 1.71. The van der Waals surface area contributed by atoms with E-state index in [0.717, 1.165) is 37.6 Å². The third-order valence-electron chi connectivity index (χ3n) is 6.53. The molecule has 0 bridgehead atoms. The second-order valence-corrected chi connectivity index (χ2v) is 8.79. The minimum Gasteiger partial charge on any atom is -0.497 e. The largest absolute Gasteiger partial charge is 0.497 e. The van der Waals surface area contributed by atoms with Crippen LogP contribution in [0.5, 0.6) is 11.5 Å². The number of rotatable bonds is 9. The Morgan fingerprint density at radius 3 is 2.23 bits per heavy atom. The van der Waals surface area contributed by atoms with Gasteiger partial charge in [-0.2, -0.15) is 0 Å². The number of benzene rings is 2. The van der Waals surface area contributed by atoms with Gasteiger partial charge in [0.1, 0.15) is 18.1 Å². The molecular weight excluding hydrogens is 372 g/mol. The van der Waals surface area contributed by atoms with Crippen molar-refractivity contribution in [3.63, 3.8) is 0 Å². The van der Waals surface area contributed by atoms with Gasteiger partial charge in [-0.05, 0) is 87.1 Å². The number of methoxy groups -OCH3 is 1. The van der Waals surface area contributed by atoms with E-state index in [1.165, 1.54) is 74.1 Å². The standard InChI is InChI=1S/C26H36N2O2/c1-21-17-22(7-8-24(21)20-28-13-5-6-14-28)18-23-9-10-25(29-2)19-26(23)30-16-15-27-11-3-4-12-27/h7-10,17,19H,3-6,11-16,18,20H2,1-2H3. The minimum absolute atomic E-state index is 0.730. The molecule has 2 heterocycles. The summed E-state index contributed by atoms with van der Waals surface area (Å²) in [5, 5.41) is 0. The maximum atomic E-state index is 6.23. The van der Waals surface area contributed by atoms with Gasteiger partial charge < -0.3 is 9.47 Å². The average Bonchev–Trinajstić information content (AvgIpc) is 3.45. The normalized spacial score (nSPS) is 17.5. The molecule has 4 nitrogen and oxygen atoms in total. The van der Waals surface area contributed by atoms with E-state index in [1.807, 2.05) is 12.1 Å². The van der Waals surface area contributed by atoms with Crippen LogP contribution in [0.3, 0.4) is 0 Å². The first-order chi connectivity index (χ1) is 14.7. The molecule has 30 heavy (non-hydrogen) atoms. The van der Waals surface area contributed by atoms with E-state index in [2.05, 4.69) is 41.0 Å². The first-order valence-electron chi connectivity index (χ1n) is 11.5. The Bertz CT molecular complexity index is 824. The van der Waals surface area contributed by atoms with Gasteiger partial charge in [-0.15, -0.1) is 0 Å². The molecule has 0 radical (unpaired) electrons. The summed E-state index contributed by atoms with van der Waals surface area (Å²) in [5.74, 6) is 1.81. The van der Waals surface area contributed by atoms with Crippen LogP contribution in [0.4, 0.5) is 0 Å². The highest BCUT2D eigenvalue weighted by Gasteiger charge is 2.15. The fraction of sp³-hybridized carbons (Fsp3) is 0.538. The molecule has 0 aromatic heterocycles. The van der Waals surface area contributed by atoms with Crippen molar-refractivity contribution in [3.05, 3.63) is 58.7 Å². The van der Waals surface area contributed by atoms with Crippen LogP contribution in [0.25, 0.3) is 0 Å². The zero-order valence-electron chi connectivity index (χ0n) is 18.7. The van der Waals surface area contributed by atoms with Crippen LogP contribution in [-0.4, -0.2) is 56.2 Å². The molecule has 0 spiro atoms. The van der Waals surface area contributed by atoms with Gasteiger partial charge in [0.25, 0.3) is 0 Å². The SMILES string of the molecule is COc1ccc(Cc2ccc(CN3CCCC3)c(C)c2)c(OCCN2CCCC2)c1. The van der Waals surface area contributed by atoms with Crippen molar-refractivity contribution in [2.75, 3.05) is 46.4 Å². The molecule has 0 N–H and O–H groups in total. The van der Waals surface area contributed by atoms with E-state index < -0.39 is 0 Å². The third-order valence-corrected chi connectivity index (χ3v) is 6.53. The van der Waals surface area contributed by atoms with Crippen LogP contribution < -0.4 is 9.47 Å². The Hall–Kier alpha value is -2.04. The highest BCUT2D eigenvalue weighted by atomic mass is 16.5. The molecule has 162 valence electrons. The maximum Gasteiger partial charge on any atom is 0.126 e. The first-order valence-corrected chi connectivity index (χ1v) is 11.5. The van der Waals surface area contributed by atoms with E-state index in [-0.39, 0.29) is 0 Å². The molecule has 2 aliphatic rings. The lowest BCUT2D eigenvalue weighted by Gasteiger charge is -2.18. The van der Waals surface area contributed by atoms with E-state index in [4.69, 9.17) is 9.47 Å². The van der Waals surface area contributed by atoms with Crippen molar-refractivity contribution < 1.29 is 9.47 Å². The number of likely N-dealkylation sites (tertiary alicyclic amines) is 2. The highest BCUT2D eigenvalue weighted by molar-refractivity contribution is 5.44.